The van der Waals surface area contributed by atoms with Crippen LogP contribution in [-0.4, -0.2) is 57.3 Å². The van der Waals surface area contributed by atoms with Gasteiger partial charge in [-0.15, -0.1) is 0 Å². The maximum atomic E-state index is 5.38. The van der Waals surface area contributed by atoms with E-state index in [2.05, 4.69) is 37.5 Å². The van der Waals surface area contributed by atoms with Gasteiger partial charge < -0.3 is 0 Å². The molecule has 0 bridgehead atoms. The summed E-state index contributed by atoms with van der Waals surface area (Å²) >= 11 is 11.1. The Kier molecular flexibility index (Phi) is 11.5. The van der Waals surface area contributed by atoms with Crippen LogP contribution in [0.2, 0.25) is 0 Å². The van der Waals surface area contributed by atoms with Crippen LogP contribution in [0.1, 0.15) is 27.7 Å². The molecule has 17 heavy (non-hydrogen) atoms. The molecule has 0 atom stereocenters. The molecular weight excluding hydrogens is 355 g/mol. The van der Waals surface area contributed by atoms with Crippen LogP contribution < -0.4 is 0 Å². The minimum absolute atomic E-state index is 0.347. The summed E-state index contributed by atoms with van der Waals surface area (Å²) in [7, 11) is 3.54. The van der Waals surface area contributed by atoms with Gasteiger partial charge in [-0.25, -0.2) is 0 Å². The fourth-order valence-electron chi connectivity index (χ4n) is 1.14. The van der Waals surface area contributed by atoms with E-state index >= 15 is 0 Å². The molecule has 0 unspecified atom stereocenters. The van der Waals surface area contributed by atoms with E-state index in [0.717, 1.165) is 34.8 Å². The SMILES string of the molecule is CCN(CC)C(=S)S[Se]SC(=S)N(CC)CC. The zero-order valence-electron chi connectivity index (χ0n) is 10.8. The van der Waals surface area contributed by atoms with E-state index < -0.39 is 0 Å². The summed E-state index contributed by atoms with van der Waals surface area (Å²) in [6.45, 7) is 12.5. The van der Waals surface area contributed by atoms with Gasteiger partial charge in [-0.2, -0.15) is 0 Å². The molecule has 100 valence electrons. The predicted octanol–water partition coefficient (Wildman–Crippen LogP) is 3.24. The first-order valence-corrected chi connectivity index (χ1v) is 12.2. The Labute approximate surface area is 129 Å². The van der Waals surface area contributed by atoms with Gasteiger partial charge in [0.05, 0.1) is 0 Å². The van der Waals surface area contributed by atoms with Crippen molar-refractivity contribution < 1.29 is 0 Å². The van der Waals surface area contributed by atoms with Crippen molar-refractivity contribution in [2.45, 2.75) is 27.7 Å². The van der Waals surface area contributed by atoms with Gasteiger partial charge in [0.2, 0.25) is 0 Å². The Morgan fingerprint density at radius 3 is 1.35 bits per heavy atom. The van der Waals surface area contributed by atoms with Gasteiger partial charge in [0.1, 0.15) is 0 Å². The number of nitrogens with zero attached hydrogens (tertiary/aromatic N) is 2. The molecule has 0 heterocycles. The van der Waals surface area contributed by atoms with Gasteiger partial charge in [-0.05, 0) is 0 Å². The fraction of sp³-hybridized carbons (Fsp3) is 0.800. The van der Waals surface area contributed by atoms with Crippen molar-refractivity contribution in [1.29, 1.82) is 0 Å². The molecule has 0 saturated heterocycles. The van der Waals surface area contributed by atoms with Gasteiger partial charge in [0.25, 0.3) is 0 Å². The monoisotopic (exact) mass is 376 g/mol. The number of thiocarbonyl (C=S) groups is 2. The molecule has 7 heteroatoms. The Hall–Kier alpha value is 0.999. The first-order chi connectivity index (χ1) is 8.10. The molecule has 0 radical (unpaired) electrons. The van der Waals surface area contributed by atoms with Crippen molar-refractivity contribution in [1.82, 2.24) is 9.80 Å². The molecule has 0 aliphatic heterocycles. The Morgan fingerprint density at radius 2 is 1.12 bits per heavy atom. The van der Waals surface area contributed by atoms with Crippen molar-refractivity contribution >= 4 is 66.2 Å². The normalized spacial score (nSPS) is 10.1. The number of hydrogen-bond acceptors (Lipinski definition) is 4. The Morgan fingerprint density at radius 1 is 0.824 bits per heavy atom. The summed E-state index contributed by atoms with van der Waals surface area (Å²) < 4.78 is 2.01. The second-order valence-corrected chi connectivity index (χ2v) is 10.7. The van der Waals surface area contributed by atoms with Gasteiger partial charge in [-0.3, -0.25) is 0 Å². The van der Waals surface area contributed by atoms with Crippen LogP contribution >= 0.6 is 44.8 Å². The van der Waals surface area contributed by atoms with Gasteiger partial charge in [-0.1, -0.05) is 0 Å². The van der Waals surface area contributed by atoms with Gasteiger partial charge >= 0.3 is 130 Å². The van der Waals surface area contributed by atoms with E-state index in [1.165, 1.54) is 0 Å². The topological polar surface area (TPSA) is 6.48 Å². The predicted molar refractivity (Wildman–Crippen MR) is 92.0 cm³/mol. The summed E-state index contributed by atoms with van der Waals surface area (Å²) in [6.07, 6.45) is 0. The van der Waals surface area contributed by atoms with Crippen LogP contribution in [-0.2, 0) is 0 Å². The molecule has 0 amide bonds. The van der Waals surface area contributed by atoms with E-state index in [4.69, 9.17) is 24.4 Å². The van der Waals surface area contributed by atoms with Crippen molar-refractivity contribution in [3.8, 4) is 0 Å². The summed E-state index contributed by atoms with van der Waals surface area (Å²) in [5, 5.41) is 0. The van der Waals surface area contributed by atoms with Crippen molar-refractivity contribution in [2.75, 3.05) is 26.2 Å². The maximum absolute atomic E-state index is 5.38. The molecule has 2 nitrogen and oxygen atoms in total. The first-order valence-electron chi connectivity index (χ1n) is 5.69. The summed E-state index contributed by atoms with van der Waals surface area (Å²) in [5.74, 6) is 0. The third kappa shape index (κ3) is 7.23. The zero-order chi connectivity index (χ0) is 13.3. The second-order valence-electron chi connectivity index (χ2n) is 3.11. The molecule has 0 aromatic heterocycles. The van der Waals surface area contributed by atoms with Crippen LogP contribution in [0.5, 0.6) is 0 Å². The third-order valence-electron chi connectivity index (χ3n) is 2.25. The van der Waals surface area contributed by atoms with Crippen LogP contribution in [0.4, 0.5) is 0 Å². The number of rotatable bonds is 6. The van der Waals surface area contributed by atoms with Crippen molar-refractivity contribution in [3.63, 3.8) is 0 Å². The average Bonchev–Trinajstić information content (AvgIpc) is 2.32. The van der Waals surface area contributed by atoms with E-state index in [-0.39, 0.29) is 0 Å². The first kappa shape index (κ1) is 18.0. The quantitative estimate of drug-likeness (QED) is 0.516. The van der Waals surface area contributed by atoms with Gasteiger partial charge in [0.15, 0.2) is 0 Å². The molecule has 0 aliphatic carbocycles. The van der Waals surface area contributed by atoms with Crippen LogP contribution in [0, 0.1) is 0 Å². The Balaban J connectivity index is 3.90. The fourth-order valence-corrected chi connectivity index (χ4v) is 9.76. The van der Waals surface area contributed by atoms with Crippen LogP contribution in [0.3, 0.4) is 0 Å². The molecule has 0 saturated carbocycles. The molecule has 0 aromatic carbocycles. The zero-order valence-corrected chi connectivity index (χ0v) is 15.7. The van der Waals surface area contributed by atoms with Crippen molar-refractivity contribution in [3.05, 3.63) is 0 Å². The molecule has 0 aliphatic rings. The summed E-state index contributed by atoms with van der Waals surface area (Å²) in [5.41, 5.74) is 0. The average molecular weight is 376 g/mol. The Bertz CT molecular complexity index is 218. The summed E-state index contributed by atoms with van der Waals surface area (Å²) in [4.78, 5) is 4.42. The molecule has 0 N–H and O–H groups in total. The third-order valence-corrected chi connectivity index (χ3v) is 10.6. The minimum atomic E-state index is 0.347. The number of hydrogen-bond donors (Lipinski definition) is 0. The molecule has 0 aromatic rings. The van der Waals surface area contributed by atoms with Crippen LogP contribution in [0.15, 0.2) is 0 Å². The van der Waals surface area contributed by atoms with E-state index in [0.29, 0.717) is 12.7 Å². The molecule has 0 fully saturated rings. The van der Waals surface area contributed by atoms with Crippen LogP contribution in [0.25, 0.3) is 0 Å². The molecular formula is C10H20N2S4Se. The molecule has 0 rings (SSSR count). The molecule has 0 spiro atoms. The standard InChI is InChI=1S/C10H20N2S4Se/c1-5-11(6-2)9(13)15-17-16-10(14)12(7-3)8-4/h5-8H2,1-4H3. The summed E-state index contributed by atoms with van der Waals surface area (Å²) in [6, 6.07) is 0. The van der Waals surface area contributed by atoms with E-state index in [1.54, 1.807) is 20.4 Å². The van der Waals surface area contributed by atoms with Crippen molar-refractivity contribution in [2.24, 2.45) is 0 Å². The van der Waals surface area contributed by atoms with E-state index in [9.17, 15) is 0 Å². The van der Waals surface area contributed by atoms with Gasteiger partial charge in [0, 0.05) is 0 Å². The van der Waals surface area contributed by atoms with E-state index in [1.807, 2.05) is 0 Å². The second kappa shape index (κ2) is 10.9.